The van der Waals surface area contributed by atoms with Crippen LogP contribution in [0.5, 0.6) is 5.75 Å². The van der Waals surface area contributed by atoms with Crippen molar-refractivity contribution < 1.29 is 9.42 Å². The van der Waals surface area contributed by atoms with E-state index in [-0.39, 0.29) is 0 Å². The smallest absolute Gasteiger partial charge is 0.212 e. The van der Waals surface area contributed by atoms with Crippen LogP contribution >= 0.6 is 9.03 Å². The van der Waals surface area contributed by atoms with Gasteiger partial charge in [-0.1, -0.05) is 82.3 Å². The van der Waals surface area contributed by atoms with Gasteiger partial charge in [-0.3, -0.25) is 0 Å². The van der Waals surface area contributed by atoms with Gasteiger partial charge in [-0.2, -0.15) is 0 Å². The Bertz CT molecular complexity index is 875. The van der Waals surface area contributed by atoms with Gasteiger partial charge in [0.05, 0.1) is 0 Å². The van der Waals surface area contributed by atoms with E-state index in [4.69, 9.17) is 4.52 Å². The first-order valence-electron chi connectivity index (χ1n) is 9.41. The van der Waals surface area contributed by atoms with Crippen LogP contribution in [0.4, 0.5) is 0 Å². The van der Waals surface area contributed by atoms with E-state index < -0.39 is 9.03 Å². The molecule has 1 unspecified atom stereocenters. The fraction of sp³-hybridized carbons (Fsp3) is 0.250. The summed E-state index contributed by atoms with van der Waals surface area (Å²) in [6, 6.07) is 23.1. The first kappa shape index (κ1) is 19.6. The highest BCUT2D eigenvalue weighted by Crippen LogP contribution is 2.43. The van der Waals surface area contributed by atoms with Crippen LogP contribution in [0.15, 0.2) is 66.7 Å². The van der Waals surface area contributed by atoms with Crippen molar-refractivity contribution in [2.24, 2.45) is 0 Å². The summed E-state index contributed by atoms with van der Waals surface area (Å²) < 4.78 is 5.64. The lowest BCUT2D eigenvalue weighted by atomic mass is 9.84. The van der Waals surface area contributed by atoms with E-state index in [1.807, 2.05) is 12.1 Å². The van der Waals surface area contributed by atoms with Crippen molar-refractivity contribution in [3.8, 4) is 28.0 Å². The fourth-order valence-electron chi connectivity index (χ4n) is 3.54. The fourth-order valence-corrected chi connectivity index (χ4v) is 3.81. The Balaban J connectivity index is 2.29. The van der Waals surface area contributed by atoms with Crippen molar-refractivity contribution in [2.75, 3.05) is 0 Å². The Morgan fingerprint density at radius 1 is 0.741 bits per heavy atom. The van der Waals surface area contributed by atoms with Gasteiger partial charge < -0.3 is 9.42 Å². The summed E-state index contributed by atoms with van der Waals surface area (Å²) in [5, 5.41) is 0. The molecule has 0 heterocycles. The van der Waals surface area contributed by atoms with Gasteiger partial charge in [-0.05, 0) is 51.8 Å². The molecule has 0 aromatic heterocycles. The van der Waals surface area contributed by atoms with Crippen LogP contribution in [0.2, 0.25) is 0 Å². The predicted molar refractivity (Wildman–Crippen MR) is 117 cm³/mol. The summed E-state index contributed by atoms with van der Waals surface area (Å²) in [5.74, 6) is 1.51. The lowest BCUT2D eigenvalue weighted by molar-refractivity contribution is 0.515. The molecule has 0 saturated heterocycles. The first-order valence-corrected chi connectivity index (χ1v) is 10.3. The standard InChI is InChI=1S/C24H27O2P/c1-16(2)20-11-8-12-21(17(3)4)24(20)22-15-19(13-14-23(22)26-27-25)18-9-6-5-7-10-18/h5-17,25,27H,1-4H3. The van der Waals surface area contributed by atoms with Crippen molar-refractivity contribution in [3.05, 3.63) is 77.9 Å². The van der Waals surface area contributed by atoms with Crippen molar-refractivity contribution in [2.45, 2.75) is 39.5 Å². The third-order valence-corrected chi connectivity index (χ3v) is 5.20. The molecule has 0 radical (unpaired) electrons. The Hall–Kier alpha value is -2.15. The molecule has 3 rings (SSSR count). The van der Waals surface area contributed by atoms with E-state index >= 15 is 0 Å². The molecule has 27 heavy (non-hydrogen) atoms. The van der Waals surface area contributed by atoms with Gasteiger partial charge in [0.1, 0.15) is 5.75 Å². The van der Waals surface area contributed by atoms with Crippen LogP contribution in [0.3, 0.4) is 0 Å². The molecule has 1 N–H and O–H groups in total. The van der Waals surface area contributed by atoms with Crippen LogP contribution in [0, 0.1) is 0 Å². The lowest BCUT2D eigenvalue weighted by Gasteiger charge is -2.22. The highest BCUT2D eigenvalue weighted by atomic mass is 31.1. The minimum Gasteiger partial charge on any atom is -0.449 e. The van der Waals surface area contributed by atoms with Gasteiger partial charge >= 0.3 is 0 Å². The van der Waals surface area contributed by atoms with E-state index in [9.17, 15) is 4.89 Å². The molecule has 0 saturated carbocycles. The van der Waals surface area contributed by atoms with Gasteiger partial charge in [0.2, 0.25) is 9.03 Å². The molecule has 0 aliphatic heterocycles. The number of rotatable bonds is 6. The molecule has 0 bridgehead atoms. The Morgan fingerprint density at radius 3 is 1.93 bits per heavy atom. The minimum absolute atomic E-state index is 0.392. The highest BCUT2D eigenvalue weighted by Gasteiger charge is 2.19. The van der Waals surface area contributed by atoms with Gasteiger partial charge in [0.25, 0.3) is 0 Å². The van der Waals surface area contributed by atoms with E-state index in [1.165, 1.54) is 22.3 Å². The van der Waals surface area contributed by atoms with Gasteiger partial charge in [0.15, 0.2) is 0 Å². The zero-order chi connectivity index (χ0) is 19.4. The zero-order valence-corrected chi connectivity index (χ0v) is 17.4. The maximum absolute atomic E-state index is 9.44. The average molecular weight is 378 g/mol. The van der Waals surface area contributed by atoms with E-state index in [1.54, 1.807) is 0 Å². The quantitative estimate of drug-likeness (QED) is 0.462. The molecule has 0 spiro atoms. The maximum Gasteiger partial charge on any atom is 0.212 e. The summed E-state index contributed by atoms with van der Waals surface area (Å²) in [4.78, 5) is 9.44. The third-order valence-electron chi connectivity index (χ3n) is 4.88. The molecule has 1 atom stereocenters. The van der Waals surface area contributed by atoms with Crippen LogP contribution in [-0.4, -0.2) is 4.89 Å². The molecule has 0 amide bonds. The summed E-state index contributed by atoms with van der Waals surface area (Å²) in [5.41, 5.74) is 7.20. The second-order valence-corrected chi connectivity index (χ2v) is 7.78. The lowest BCUT2D eigenvalue weighted by Crippen LogP contribution is -2.01. The molecule has 140 valence electrons. The summed E-state index contributed by atoms with van der Waals surface area (Å²) in [6.45, 7) is 8.88. The summed E-state index contributed by atoms with van der Waals surface area (Å²) >= 11 is 0. The van der Waals surface area contributed by atoms with Crippen LogP contribution in [-0.2, 0) is 0 Å². The van der Waals surface area contributed by atoms with Crippen molar-refractivity contribution in [1.29, 1.82) is 0 Å². The Labute approximate surface area is 164 Å². The van der Waals surface area contributed by atoms with E-state index in [0.29, 0.717) is 11.8 Å². The van der Waals surface area contributed by atoms with Crippen LogP contribution in [0.1, 0.15) is 50.7 Å². The number of benzene rings is 3. The third kappa shape index (κ3) is 4.24. The summed E-state index contributed by atoms with van der Waals surface area (Å²) in [6.07, 6.45) is 0. The molecule has 0 aliphatic rings. The number of hydrogen-bond donors (Lipinski definition) is 1. The van der Waals surface area contributed by atoms with Crippen molar-refractivity contribution >= 4 is 9.03 Å². The average Bonchev–Trinajstić information content (AvgIpc) is 2.68. The van der Waals surface area contributed by atoms with Crippen LogP contribution < -0.4 is 4.52 Å². The Kier molecular flexibility index (Phi) is 6.31. The van der Waals surface area contributed by atoms with Crippen LogP contribution in [0.25, 0.3) is 22.3 Å². The maximum atomic E-state index is 9.44. The molecular weight excluding hydrogens is 351 g/mol. The topological polar surface area (TPSA) is 29.5 Å². The second kappa shape index (κ2) is 8.69. The highest BCUT2D eigenvalue weighted by molar-refractivity contribution is 7.25. The minimum atomic E-state index is -0.578. The molecule has 3 aromatic carbocycles. The van der Waals surface area contributed by atoms with Gasteiger partial charge in [-0.15, -0.1) is 0 Å². The molecule has 3 heteroatoms. The van der Waals surface area contributed by atoms with E-state index in [0.717, 1.165) is 16.9 Å². The van der Waals surface area contributed by atoms with Crippen molar-refractivity contribution in [3.63, 3.8) is 0 Å². The zero-order valence-electron chi connectivity index (χ0n) is 16.4. The molecule has 0 aliphatic carbocycles. The SMILES string of the molecule is CC(C)c1cccc(C(C)C)c1-c1cc(-c2ccccc2)ccc1OPO. The molecule has 2 nitrogen and oxygen atoms in total. The largest absolute Gasteiger partial charge is 0.449 e. The van der Waals surface area contributed by atoms with Crippen molar-refractivity contribution in [1.82, 2.24) is 0 Å². The molecular formula is C24H27O2P. The second-order valence-electron chi connectivity index (χ2n) is 7.39. The first-order chi connectivity index (χ1) is 13.0. The Morgan fingerprint density at radius 2 is 1.37 bits per heavy atom. The van der Waals surface area contributed by atoms with Gasteiger partial charge in [0, 0.05) is 5.56 Å². The van der Waals surface area contributed by atoms with Gasteiger partial charge in [-0.25, -0.2) is 0 Å². The monoisotopic (exact) mass is 378 g/mol. The predicted octanol–water partition coefficient (Wildman–Crippen LogP) is 7.15. The molecule has 0 fully saturated rings. The molecule has 3 aromatic rings. The van der Waals surface area contributed by atoms with E-state index in [2.05, 4.69) is 82.3 Å². The normalized spacial score (nSPS) is 11.7. The number of hydrogen-bond acceptors (Lipinski definition) is 2. The summed E-state index contributed by atoms with van der Waals surface area (Å²) in [7, 11) is -0.578.